The van der Waals surface area contributed by atoms with Crippen LogP contribution in [-0.4, -0.2) is 0 Å². The van der Waals surface area contributed by atoms with E-state index in [0.29, 0.717) is 0 Å². The molecule has 1 aromatic rings. The number of allylic oxidation sites excluding steroid dienone is 4. The van der Waals surface area contributed by atoms with E-state index in [1.807, 2.05) is 30.3 Å². The Morgan fingerprint density at radius 3 is 1.90 bits per heavy atom. The Labute approximate surface area is 146 Å². The summed E-state index contributed by atoms with van der Waals surface area (Å²) in [5, 5.41) is 0. The molecule has 0 atom stereocenters. The van der Waals surface area contributed by atoms with Crippen LogP contribution in [0, 0.1) is 5.41 Å². The normalized spacial score (nSPS) is 16.4. The Hall–Kier alpha value is -0.0369. The van der Waals surface area contributed by atoms with E-state index >= 15 is 0 Å². The van der Waals surface area contributed by atoms with Crippen LogP contribution in [0.5, 0.6) is 5.75 Å². The van der Waals surface area contributed by atoms with E-state index in [9.17, 15) is 0 Å². The summed E-state index contributed by atoms with van der Waals surface area (Å²) in [7, 11) is 0. The van der Waals surface area contributed by atoms with Gasteiger partial charge in [0.05, 0.1) is 0 Å². The van der Waals surface area contributed by atoms with Crippen LogP contribution in [0.4, 0.5) is 0 Å². The van der Waals surface area contributed by atoms with Crippen LogP contribution >= 0.6 is 24.8 Å². The van der Waals surface area contributed by atoms with Gasteiger partial charge in [0.15, 0.2) is 0 Å². The molecule has 0 fully saturated rings. The number of hydrogen-bond donors (Lipinski definition) is 0. The molecule has 0 saturated heterocycles. The van der Waals surface area contributed by atoms with Crippen LogP contribution in [0.3, 0.4) is 0 Å². The fourth-order valence-electron chi connectivity index (χ4n) is 2.40. The molecule has 2 rings (SSSR count). The van der Waals surface area contributed by atoms with E-state index in [1.165, 1.54) is 16.7 Å². The summed E-state index contributed by atoms with van der Waals surface area (Å²) < 4.78 is 7.65. The fourth-order valence-corrected chi connectivity index (χ4v) is 5.20. The Morgan fingerprint density at radius 2 is 1.45 bits per heavy atom. The molecule has 0 N–H and O–H groups in total. The first-order valence-corrected chi connectivity index (χ1v) is 8.55. The minimum Gasteiger partial charge on any atom is -0.147 e. The summed E-state index contributed by atoms with van der Waals surface area (Å²) >= 11 is -0.994. The Balaban J connectivity index is 0.00000180. The van der Waals surface area contributed by atoms with Crippen molar-refractivity contribution in [1.29, 1.82) is 0 Å². The van der Waals surface area contributed by atoms with Crippen LogP contribution in [0.1, 0.15) is 34.6 Å². The van der Waals surface area contributed by atoms with Crippen molar-refractivity contribution in [1.82, 2.24) is 0 Å². The zero-order chi connectivity index (χ0) is 13.3. The Bertz CT molecular complexity index is 519. The van der Waals surface area contributed by atoms with Crippen molar-refractivity contribution in [2.24, 2.45) is 5.41 Å². The number of halogens is 2. The zero-order valence-corrected chi connectivity index (χ0v) is 16.7. The third-order valence-electron chi connectivity index (χ3n) is 4.08. The minimum atomic E-state index is -0.994. The Morgan fingerprint density at radius 1 is 0.900 bits per heavy atom. The van der Waals surface area contributed by atoms with E-state index in [0.717, 1.165) is 5.75 Å². The van der Waals surface area contributed by atoms with Crippen LogP contribution in [0.25, 0.3) is 0 Å². The van der Waals surface area contributed by atoms with Crippen molar-refractivity contribution < 1.29 is 26.5 Å². The van der Waals surface area contributed by atoms with Crippen molar-refractivity contribution >= 4 is 24.8 Å². The molecule has 0 saturated carbocycles. The van der Waals surface area contributed by atoms with Gasteiger partial charge in [-0.15, -0.1) is 24.8 Å². The molecule has 0 aliphatic heterocycles. The van der Waals surface area contributed by atoms with Crippen molar-refractivity contribution in [3.63, 3.8) is 0 Å². The first kappa shape index (κ1) is 20.0. The van der Waals surface area contributed by atoms with E-state index in [2.05, 4.69) is 34.6 Å². The molecule has 1 aliphatic rings. The molecular formula is C16H22Cl2OZr. The third kappa shape index (κ3) is 3.78. The molecule has 0 bridgehead atoms. The molecule has 1 aromatic carbocycles. The average Bonchev–Trinajstić information content (AvgIpc) is 2.50. The van der Waals surface area contributed by atoms with Crippen LogP contribution in [0.15, 0.2) is 50.3 Å². The quantitative estimate of drug-likeness (QED) is 0.655. The van der Waals surface area contributed by atoms with Crippen molar-refractivity contribution in [2.75, 3.05) is 0 Å². The van der Waals surface area contributed by atoms with Gasteiger partial charge in [-0.25, -0.2) is 0 Å². The number of benzene rings is 1. The van der Waals surface area contributed by atoms with Crippen LogP contribution in [-0.2, 0) is 23.7 Å². The van der Waals surface area contributed by atoms with Gasteiger partial charge in [-0.3, -0.25) is 0 Å². The standard InChI is InChI=1S/C10H15.C6H6O.2ClH.Zr/c1-7-6-10(4,5)9(3)8(7)2;7-6-4-2-1-3-5-6;;;/h1-5H3;1-5,7H;2*1H;/q;;;;+1/p-1. The minimum absolute atomic E-state index is 0. The van der Waals surface area contributed by atoms with E-state index in [4.69, 9.17) is 2.81 Å². The maximum atomic E-state index is 6.08. The largest absolute Gasteiger partial charge is 0.147 e. The van der Waals surface area contributed by atoms with Gasteiger partial charge in [0.25, 0.3) is 0 Å². The van der Waals surface area contributed by atoms with Crippen molar-refractivity contribution in [3.05, 3.63) is 50.3 Å². The second-order valence-electron chi connectivity index (χ2n) is 5.39. The second-order valence-corrected chi connectivity index (χ2v) is 7.62. The molecule has 1 aliphatic carbocycles. The van der Waals surface area contributed by atoms with E-state index < -0.39 is 23.7 Å². The van der Waals surface area contributed by atoms with Gasteiger partial charge in [-0.2, -0.15) is 0 Å². The fraction of sp³-hybridized carbons (Fsp3) is 0.375. The third-order valence-corrected chi connectivity index (χ3v) is 7.87. The smallest absolute Gasteiger partial charge is 0.147 e. The zero-order valence-electron chi connectivity index (χ0n) is 12.6. The summed E-state index contributed by atoms with van der Waals surface area (Å²) in [6.45, 7) is 11.4. The maximum Gasteiger partial charge on any atom is -0.147 e. The van der Waals surface area contributed by atoms with Gasteiger partial charge >= 0.3 is 123 Å². The Kier molecular flexibility index (Phi) is 7.81. The molecular weight excluding hydrogens is 370 g/mol. The molecule has 4 heteroatoms. The molecule has 110 valence electrons. The summed E-state index contributed by atoms with van der Waals surface area (Å²) in [4.78, 5) is 0. The van der Waals surface area contributed by atoms with Crippen molar-refractivity contribution in [2.45, 2.75) is 34.6 Å². The van der Waals surface area contributed by atoms with Gasteiger partial charge in [-0.05, 0) is 0 Å². The molecule has 1 nitrogen and oxygen atoms in total. The molecule has 0 amide bonds. The maximum absolute atomic E-state index is 6.08. The number of para-hydroxylation sites is 1. The first-order chi connectivity index (χ1) is 8.44. The van der Waals surface area contributed by atoms with Gasteiger partial charge in [0.2, 0.25) is 0 Å². The van der Waals surface area contributed by atoms with E-state index in [-0.39, 0.29) is 30.2 Å². The van der Waals surface area contributed by atoms with Gasteiger partial charge in [0.1, 0.15) is 0 Å². The molecule has 0 heterocycles. The summed E-state index contributed by atoms with van der Waals surface area (Å²) in [6.07, 6.45) is 0. The summed E-state index contributed by atoms with van der Waals surface area (Å²) in [6, 6.07) is 10.2. The first-order valence-electron chi connectivity index (χ1n) is 6.32. The summed E-state index contributed by atoms with van der Waals surface area (Å²) in [5.74, 6) is 1.02. The van der Waals surface area contributed by atoms with Crippen molar-refractivity contribution in [3.8, 4) is 5.75 Å². The van der Waals surface area contributed by atoms with Crippen LogP contribution in [0.2, 0.25) is 0 Å². The monoisotopic (exact) mass is 390 g/mol. The van der Waals surface area contributed by atoms with Gasteiger partial charge in [-0.1, -0.05) is 0 Å². The SMILES string of the molecule is CC1=C(C)C(C)(C)[C]([Zr][O]c2ccccc2)=C1C.Cl.Cl. The van der Waals surface area contributed by atoms with Gasteiger partial charge in [0, 0.05) is 0 Å². The average molecular weight is 392 g/mol. The number of rotatable bonds is 3. The molecule has 0 aromatic heterocycles. The van der Waals surface area contributed by atoms with Crippen LogP contribution < -0.4 is 2.81 Å². The second kappa shape index (κ2) is 7.83. The molecule has 0 unspecified atom stereocenters. The summed E-state index contributed by atoms with van der Waals surface area (Å²) in [5.41, 5.74) is 4.65. The topological polar surface area (TPSA) is 9.23 Å². The predicted octanol–water partition coefficient (Wildman–Crippen LogP) is 5.56. The van der Waals surface area contributed by atoms with Gasteiger partial charge < -0.3 is 0 Å². The van der Waals surface area contributed by atoms with E-state index in [1.54, 1.807) is 3.28 Å². The molecule has 0 radical (unpaired) electrons. The molecule has 20 heavy (non-hydrogen) atoms. The number of hydrogen-bond acceptors (Lipinski definition) is 1. The predicted molar refractivity (Wildman–Crippen MR) is 86.4 cm³/mol. The molecule has 0 spiro atoms.